The largest absolute Gasteiger partial charge is 0.484 e. The van der Waals surface area contributed by atoms with Gasteiger partial charge in [-0.25, -0.2) is 5.43 Å². The van der Waals surface area contributed by atoms with E-state index in [9.17, 15) is 4.79 Å². The highest BCUT2D eigenvalue weighted by atomic mass is 35.5. The predicted molar refractivity (Wildman–Crippen MR) is 97.8 cm³/mol. The van der Waals surface area contributed by atoms with E-state index in [0.29, 0.717) is 22.4 Å². The molecule has 0 bridgehead atoms. The lowest BCUT2D eigenvalue weighted by Crippen LogP contribution is -2.25. The maximum absolute atomic E-state index is 11.8. The molecule has 0 aliphatic rings. The minimum absolute atomic E-state index is 0.0849. The fourth-order valence-electron chi connectivity index (χ4n) is 2.03. The van der Waals surface area contributed by atoms with Crippen LogP contribution in [-0.2, 0) is 4.79 Å². The quantitative estimate of drug-likeness (QED) is 0.624. The topological polar surface area (TPSA) is 50.7 Å². The van der Waals surface area contributed by atoms with Crippen LogP contribution in [-0.4, -0.2) is 18.2 Å². The monoisotopic (exact) mass is 344 g/mol. The molecule has 5 heteroatoms. The van der Waals surface area contributed by atoms with Gasteiger partial charge in [0, 0.05) is 5.02 Å². The third-order valence-corrected chi connectivity index (χ3v) is 3.78. The van der Waals surface area contributed by atoms with Crippen molar-refractivity contribution in [1.29, 1.82) is 0 Å². The molecule has 0 spiro atoms. The molecule has 0 aromatic heterocycles. The number of hydrogen-bond donors (Lipinski definition) is 1. The van der Waals surface area contributed by atoms with Crippen LogP contribution >= 0.6 is 11.6 Å². The Morgan fingerprint density at radius 1 is 1.12 bits per heavy atom. The van der Waals surface area contributed by atoms with Crippen molar-refractivity contribution in [2.75, 3.05) is 6.61 Å². The van der Waals surface area contributed by atoms with E-state index in [1.807, 2.05) is 43.3 Å². The summed E-state index contributed by atoms with van der Waals surface area (Å²) in [5.74, 6) is 0.816. The van der Waals surface area contributed by atoms with Gasteiger partial charge in [0.25, 0.3) is 5.91 Å². The summed E-state index contributed by atoms with van der Waals surface area (Å²) < 4.78 is 5.46. The van der Waals surface area contributed by atoms with E-state index in [4.69, 9.17) is 16.3 Å². The van der Waals surface area contributed by atoms with Gasteiger partial charge < -0.3 is 4.74 Å². The highest BCUT2D eigenvalue weighted by molar-refractivity contribution is 6.30. The van der Waals surface area contributed by atoms with Crippen molar-refractivity contribution in [3.63, 3.8) is 0 Å². The molecule has 4 nitrogen and oxygen atoms in total. The van der Waals surface area contributed by atoms with Crippen LogP contribution < -0.4 is 10.2 Å². The normalized spacial score (nSPS) is 11.5. The van der Waals surface area contributed by atoms with Crippen LogP contribution in [0, 0.1) is 0 Å². The molecule has 1 N–H and O–H groups in total. The molecular formula is C19H21ClN2O2. The van der Waals surface area contributed by atoms with Crippen LogP contribution in [0.1, 0.15) is 37.8 Å². The number of nitrogens with one attached hydrogen (secondary N) is 1. The Morgan fingerprint density at radius 2 is 1.75 bits per heavy atom. The van der Waals surface area contributed by atoms with Gasteiger partial charge in [-0.3, -0.25) is 4.79 Å². The summed E-state index contributed by atoms with van der Waals surface area (Å²) in [5, 5.41) is 4.73. The molecule has 0 radical (unpaired) electrons. The van der Waals surface area contributed by atoms with E-state index >= 15 is 0 Å². The van der Waals surface area contributed by atoms with E-state index in [1.165, 1.54) is 5.56 Å². The number of halogens is 1. The number of benzene rings is 2. The first-order chi connectivity index (χ1) is 11.5. The van der Waals surface area contributed by atoms with Gasteiger partial charge in [-0.05, 0) is 48.2 Å². The number of carbonyl (C=O) groups excluding carboxylic acids is 1. The Morgan fingerprint density at radius 3 is 2.33 bits per heavy atom. The summed E-state index contributed by atoms with van der Waals surface area (Å²) in [6, 6.07) is 15.0. The fraction of sp³-hybridized carbons (Fsp3) is 0.263. The van der Waals surface area contributed by atoms with Crippen LogP contribution in [0.2, 0.25) is 5.02 Å². The lowest BCUT2D eigenvalue weighted by Gasteiger charge is -2.08. The number of ether oxygens (including phenoxy) is 1. The second-order valence-electron chi connectivity index (χ2n) is 5.75. The van der Waals surface area contributed by atoms with Crippen LogP contribution in [0.25, 0.3) is 0 Å². The molecule has 2 rings (SSSR count). The Labute approximate surface area is 147 Å². The number of hydrazone groups is 1. The number of amides is 1. The van der Waals surface area contributed by atoms with Gasteiger partial charge in [0.05, 0.1) is 5.71 Å². The zero-order chi connectivity index (χ0) is 17.5. The van der Waals surface area contributed by atoms with Crippen molar-refractivity contribution in [3.05, 3.63) is 64.7 Å². The highest BCUT2D eigenvalue weighted by Gasteiger charge is 2.04. The SMILES string of the molecule is C/C(=N\NC(=O)COc1ccc(C(C)C)cc1)c1ccc(Cl)cc1. The van der Waals surface area contributed by atoms with Gasteiger partial charge in [-0.2, -0.15) is 5.10 Å². The predicted octanol–water partition coefficient (Wildman–Crippen LogP) is 4.38. The maximum atomic E-state index is 11.8. The summed E-state index contributed by atoms with van der Waals surface area (Å²) in [6.45, 7) is 5.99. The summed E-state index contributed by atoms with van der Waals surface area (Å²) in [5.41, 5.74) is 5.31. The summed E-state index contributed by atoms with van der Waals surface area (Å²) in [7, 11) is 0. The maximum Gasteiger partial charge on any atom is 0.277 e. The van der Waals surface area contributed by atoms with Gasteiger partial charge in [0.1, 0.15) is 5.75 Å². The van der Waals surface area contributed by atoms with Crippen LogP contribution in [0.4, 0.5) is 0 Å². The van der Waals surface area contributed by atoms with Gasteiger partial charge in [-0.15, -0.1) is 0 Å². The lowest BCUT2D eigenvalue weighted by atomic mass is 10.0. The van der Waals surface area contributed by atoms with Crippen molar-refractivity contribution in [2.24, 2.45) is 5.10 Å². The van der Waals surface area contributed by atoms with Gasteiger partial charge >= 0.3 is 0 Å². The number of hydrogen-bond acceptors (Lipinski definition) is 3. The fourth-order valence-corrected chi connectivity index (χ4v) is 2.16. The average Bonchev–Trinajstić information content (AvgIpc) is 2.58. The van der Waals surface area contributed by atoms with Crippen LogP contribution in [0.15, 0.2) is 53.6 Å². The zero-order valence-corrected chi connectivity index (χ0v) is 14.8. The summed E-state index contributed by atoms with van der Waals surface area (Å²) >= 11 is 5.84. The van der Waals surface area contributed by atoms with Gasteiger partial charge in [0.15, 0.2) is 6.61 Å². The van der Waals surface area contributed by atoms with Crippen molar-refractivity contribution in [3.8, 4) is 5.75 Å². The highest BCUT2D eigenvalue weighted by Crippen LogP contribution is 2.18. The Balaban J connectivity index is 1.84. The second-order valence-corrected chi connectivity index (χ2v) is 6.19. The molecule has 0 aliphatic heterocycles. The average molecular weight is 345 g/mol. The number of nitrogens with zero attached hydrogens (tertiary/aromatic N) is 1. The van der Waals surface area contributed by atoms with Crippen molar-refractivity contribution < 1.29 is 9.53 Å². The van der Waals surface area contributed by atoms with Crippen LogP contribution in [0.5, 0.6) is 5.75 Å². The standard InChI is InChI=1S/C19H21ClN2O2/c1-13(2)15-6-10-18(11-7-15)24-12-19(23)22-21-14(3)16-4-8-17(20)9-5-16/h4-11,13H,12H2,1-3H3,(H,22,23)/b21-14+. The molecule has 0 saturated heterocycles. The first-order valence-corrected chi connectivity index (χ1v) is 8.15. The molecular weight excluding hydrogens is 324 g/mol. The van der Waals surface area contributed by atoms with Crippen molar-refractivity contribution in [2.45, 2.75) is 26.7 Å². The van der Waals surface area contributed by atoms with Crippen molar-refractivity contribution >= 4 is 23.2 Å². The van der Waals surface area contributed by atoms with E-state index in [1.54, 1.807) is 12.1 Å². The molecule has 24 heavy (non-hydrogen) atoms. The molecule has 2 aromatic rings. The minimum atomic E-state index is -0.309. The number of carbonyl (C=O) groups is 1. The third kappa shape index (κ3) is 5.39. The Bertz CT molecular complexity index is 707. The molecule has 2 aromatic carbocycles. The molecule has 0 heterocycles. The van der Waals surface area contributed by atoms with E-state index in [0.717, 1.165) is 5.56 Å². The first-order valence-electron chi connectivity index (χ1n) is 7.77. The van der Waals surface area contributed by atoms with Gasteiger partial charge in [0.2, 0.25) is 0 Å². The second kappa shape index (κ2) is 8.50. The molecule has 0 saturated carbocycles. The van der Waals surface area contributed by atoms with Gasteiger partial charge in [-0.1, -0.05) is 49.7 Å². The first kappa shape index (κ1) is 18.0. The van der Waals surface area contributed by atoms with E-state index in [2.05, 4.69) is 24.4 Å². The summed E-state index contributed by atoms with van der Waals surface area (Å²) in [4.78, 5) is 11.8. The molecule has 0 unspecified atom stereocenters. The lowest BCUT2D eigenvalue weighted by molar-refractivity contribution is -0.123. The molecule has 1 amide bonds. The zero-order valence-electron chi connectivity index (χ0n) is 14.0. The molecule has 0 aliphatic carbocycles. The smallest absolute Gasteiger partial charge is 0.277 e. The third-order valence-electron chi connectivity index (χ3n) is 3.53. The van der Waals surface area contributed by atoms with Crippen molar-refractivity contribution in [1.82, 2.24) is 5.43 Å². The summed E-state index contributed by atoms with van der Waals surface area (Å²) in [6.07, 6.45) is 0. The number of rotatable bonds is 6. The van der Waals surface area contributed by atoms with Crippen LogP contribution in [0.3, 0.4) is 0 Å². The molecule has 0 atom stereocenters. The molecule has 126 valence electrons. The molecule has 0 fully saturated rings. The van der Waals surface area contributed by atoms with E-state index < -0.39 is 0 Å². The van der Waals surface area contributed by atoms with E-state index in [-0.39, 0.29) is 12.5 Å². The minimum Gasteiger partial charge on any atom is -0.484 e. The Kier molecular flexibility index (Phi) is 6.38. The Hall–Kier alpha value is -2.33.